The van der Waals surface area contributed by atoms with Gasteiger partial charge in [-0.25, -0.2) is 23.2 Å². The zero-order valence-electron chi connectivity index (χ0n) is 8.95. The first-order chi connectivity index (χ1) is 8.00. The van der Waals surface area contributed by atoms with E-state index in [2.05, 4.69) is 10.2 Å². The van der Waals surface area contributed by atoms with Crippen molar-refractivity contribution in [1.82, 2.24) is 14.8 Å². The molecule has 1 atom stereocenters. The Bertz CT molecular complexity index is 603. The van der Waals surface area contributed by atoms with Crippen LogP contribution in [-0.4, -0.2) is 14.8 Å². The van der Waals surface area contributed by atoms with Crippen LogP contribution in [0.5, 0.6) is 0 Å². The number of nitrogens with one attached hydrogen (secondary N) is 1. The third kappa shape index (κ3) is 1.96. The average molecular weight is 240 g/mol. The van der Waals surface area contributed by atoms with Crippen molar-refractivity contribution in [3.05, 3.63) is 46.1 Å². The summed E-state index contributed by atoms with van der Waals surface area (Å²) in [6.07, 6.45) is 0. The normalized spacial score (nSPS) is 12.7. The van der Waals surface area contributed by atoms with Crippen LogP contribution < -0.4 is 11.4 Å². The number of aromatic amines is 1. The van der Waals surface area contributed by atoms with Gasteiger partial charge in [-0.05, 0) is 19.1 Å². The lowest BCUT2D eigenvalue weighted by Crippen LogP contribution is -2.21. The molecule has 0 spiro atoms. The highest BCUT2D eigenvalue weighted by Crippen LogP contribution is 2.16. The monoisotopic (exact) mass is 240 g/mol. The van der Waals surface area contributed by atoms with Gasteiger partial charge in [-0.2, -0.15) is 5.10 Å². The van der Waals surface area contributed by atoms with Crippen molar-refractivity contribution >= 4 is 0 Å². The summed E-state index contributed by atoms with van der Waals surface area (Å²) in [4.78, 5) is 11.5. The number of hydrogen-bond donors (Lipinski definition) is 2. The van der Waals surface area contributed by atoms with Crippen LogP contribution in [0, 0.1) is 11.6 Å². The van der Waals surface area contributed by atoms with Crippen molar-refractivity contribution in [3.8, 4) is 5.69 Å². The Labute approximate surface area is 94.9 Å². The summed E-state index contributed by atoms with van der Waals surface area (Å²) in [5.74, 6) is -1.39. The molecule has 0 bridgehead atoms. The summed E-state index contributed by atoms with van der Waals surface area (Å²) in [6, 6.07) is 2.36. The van der Waals surface area contributed by atoms with E-state index in [9.17, 15) is 13.6 Å². The third-order valence-electron chi connectivity index (χ3n) is 2.26. The summed E-state index contributed by atoms with van der Waals surface area (Å²) >= 11 is 0. The second kappa shape index (κ2) is 4.10. The third-order valence-corrected chi connectivity index (χ3v) is 2.26. The summed E-state index contributed by atoms with van der Waals surface area (Å²) in [6.45, 7) is 1.60. The first kappa shape index (κ1) is 11.5. The standard InChI is InChI=1S/C10H10F2N4O/c1-5(13)9-14-15-10(17)16(9)8-3-2-6(11)4-7(8)12/h2-5H,13H2,1H3,(H,15,17). The number of halogens is 2. The van der Waals surface area contributed by atoms with E-state index in [0.29, 0.717) is 6.07 Å². The zero-order chi connectivity index (χ0) is 12.6. The molecular formula is C10H10F2N4O. The number of H-pyrrole nitrogens is 1. The Morgan fingerprint density at radius 1 is 1.47 bits per heavy atom. The summed E-state index contributed by atoms with van der Waals surface area (Å²) in [5.41, 5.74) is 4.90. The maximum absolute atomic E-state index is 13.6. The Kier molecular flexibility index (Phi) is 2.76. The molecule has 5 nitrogen and oxygen atoms in total. The van der Waals surface area contributed by atoms with Crippen molar-refractivity contribution in [2.75, 3.05) is 0 Å². The molecule has 0 amide bonds. The van der Waals surface area contributed by atoms with Crippen molar-refractivity contribution < 1.29 is 8.78 Å². The van der Waals surface area contributed by atoms with Crippen LogP contribution >= 0.6 is 0 Å². The van der Waals surface area contributed by atoms with Crippen LogP contribution in [0.1, 0.15) is 18.8 Å². The predicted molar refractivity (Wildman–Crippen MR) is 56.7 cm³/mol. The van der Waals surface area contributed by atoms with E-state index in [1.54, 1.807) is 6.92 Å². The fourth-order valence-electron chi connectivity index (χ4n) is 1.51. The number of hydrogen-bond acceptors (Lipinski definition) is 3. The first-order valence-electron chi connectivity index (χ1n) is 4.89. The van der Waals surface area contributed by atoms with Gasteiger partial charge in [0.25, 0.3) is 0 Å². The van der Waals surface area contributed by atoms with Crippen LogP contribution in [0.2, 0.25) is 0 Å². The SMILES string of the molecule is CC(N)c1n[nH]c(=O)n1-c1ccc(F)cc1F. The molecule has 3 N–H and O–H groups in total. The Morgan fingerprint density at radius 2 is 2.18 bits per heavy atom. The first-order valence-corrected chi connectivity index (χ1v) is 4.89. The van der Waals surface area contributed by atoms with Gasteiger partial charge in [0.1, 0.15) is 11.6 Å². The highest BCUT2D eigenvalue weighted by molar-refractivity contribution is 5.35. The van der Waals surface area contributed by atoms with E-state index in [1.807, 2.05) is 0 Å². The maximum atomic E-state index is 13.6. The van der Waals surface area contributed by atoms with Crippen LogP contribution in [-0.2, 0) is 0 Å². The van der Waals surface area contributed by atoms with Gasteiger partial charge in [-0.1, -0.05) is 0 Å². The van der Waals surface area contributed by atoms with Gasteiger partial charge in [0, 0.05) is 6.07 Å². The lowest BCUT2D eigenvalue weighted by Gasteiger charge is -2.08. The van der Waals surface area contributed by atoms with Crippen molar-refractivity contribution in [2.24, 2.45) is 5.73 Å². The summed E-state index contributed by atoms with van der Waals surface area (Å²) in [7, 11) is 0. The van der Waals surface area contributed by atoms with Crippen molar-refractivity contribution in [2.45, 2.75) is 13.0 Å². The molecule has 0 saturated heterocycles. The Hall–Kier alpha value is -2.02. The molecule has 17 heavy (non-hydrogen) atoms. The Morgan fingerprint density at radius 3 is 2.76 bits per heavy atom. The average Bonchev–Trinajstić information content (AvgIpc) is 2.60. The predicted octanol–water partition coefficient (Wildman–Crippen LogP) is 0.859. The minimum absolute atomic E-state index is 0.0857. The van der Waals surface area contributed by atoms with E-state index >= 15 is 0 Å². The number of aromatic nitrogens is 3. The molecule has 1 aromatic carbocycles. The molecule has 0 aliphatic rings. The van der Waals surface area contributed by atoms with Gasteiger partial charge < -0.3 is 5.73 Å². The smallest absolute Gasteiger partial charge is 0.322 e. The number of nitrogens with zero attached hydrogens (tertiary/aromatic N) is 2. The highest BCUT2D eigenvalue weighted by atomic mass is 19.1. The second-order valence-corrected chi connectivity index (χ2v) is 3.61. The van der Waals surface area contributed by atoms with Crippen LogP contribution in [0.25, 0.3) is 5.69 Å². The fraction of sp³-hybridized carbons (Fsp3) is 0.200. The fourth-order valence-corrected chi connectivity index (χ4v) is 1.51. The van der Waals surface area contributed by atoms with E-state index in [1.165, 1.54) is 0 Å². The molecule has 0 fully saturated rings. The molecule has 7 heteroatoms. The molecule has 1 unspecified atom stereocenters. The minimum atomic E-state index is -0.851. The lowest BCUT2D eigenvalue weighted by molar-refractivity contribution is 0.573. The zero-order valence-corrected chi connectivity index (χ0v) is 8.95. The molecule has 0 saturated carbocycles. The van der Waals surface area contributed by atoms with E-state index in [-0.39, 0.29) is 11.5 Å². The molecular weight excluding hydrogens is 230 g/mol. The molecule has 0 aliphatic carbocycles. The van der Waals surface area contributed by atoms with Crippen LogP contribution in [0.4, 0.5) is 8.78 Å². The largest absolute Gasteiger partial charge is 0.348 e. The van der Waals surface area contributed by atoms with E-state index in [4.69, 9.17) is 5.73 Å². The maximum Gasteiger partial charge on any atom is 0.348 e. The van der Waals surface area contributed by atoms with Gasteiger partial charge in [-0.15, -0.1) is 0 Å². The molecule has 0 radical (unpaired) electrons. The summed E-state index contributed by atoms with van der Waals surface area (Å²) in [5, 5.41) is 5.87. The quantitative estimate of drug-likeness (QED) is 0.817. The highest BCUT2D eigenvalue weighted by Gasteiger charge is 2.16. The molecule has 0 aliphatic heterocycles. The Balaban J connectivity index is 2.68. The minimum Gasteiger partial charge on any atom is -0.322 e. The van der Waals surface area contributed by atoms with Gasteiger partial charge in [0.05, 0.1) is 11.7 Å². The van der Waals surface area contributed by atoms with Crippen molar-refractivity contribution in [3.63, 3.8) is 0 Å². The lowest BCUT2D eigenvalue weighted by atomic mass is 10.2. The van der Waals surface area contributed by atoms with Gasteiger partial charge in [0.15, 0.2) is 5.82 Å². The van der Waals surface area contributed by atoms with Gasteiger partial charge in [-0.3, -0.25) is 0 Å². The molecule has 1 aromatic heterocycles. The van der Waals surface area contributed by atoms with Crippen molar-refractivity contribution in [1.29, 1.82) is 0 Å². The number of rotatable bonds is 2. The molecule has 1 heterocycles. The molecule has 2 rings (SSSR count). The summed E-state index contributed by atoms with van der Waals surface area (Å²) < 4.78 is 27.3. The van der Waals surface area contributed by atoms with E-state index < -0.39 is 23.4 Å². The number of benzene rings is 1. The number of nitrogens with two attached hydrogens (primary N) is 1. The second-order valence-electron chi connectivity index (χ2n) is 3.61. The van der Waals surface area contributed by atoms with Gasteiger partial charge in [0.2, 0.25) is 0 Å². The van der Waals surface area contributed by atoms with Gasteiger partial charge >= 0.3 is 5.69 Å². The van der Waals surface area contributed by atoms with Crippen LogP contribution in [0.15, 0.2) is 23.0 Å². The van der Waals surface area contributed by atoms with E-state index in [0.717, 1.165) is 16.7 Å². The topological polar surface area (TPSA) is 76.7 Å². The van der Waals surface area contributed by atoms with Crippen LogP contribution in [0.3, 0.4) is 0 Å². The molecule has 2 aromatic rings. The molecule has 90 valence electrons.